The van der Waals surface area contributed by atoms with Crippen LogP contribution >= 0.6 is 23.2 Å². The molecule has 2 N–H and O–H groups in total. The largest absolute Gasteiger partial charge is 0.489 e. The van der Waals surface area contributed by atoms with Crippen molar-refractivity contribution in [3.63, 3.8) is 0 Å². The molecule has 1 aliphatic heterocycles. The minimum absolute atomic E-state index is 0.0152. The Balaban J connectivity index is 1.71. The van der Waals surface area contributed by atoms with Crippen molar-refractivity contribution < 1.29 is 13.9 Å². The first-order chi connectivity index (χ1) is 12.0. The van der Waals surface area contributed by atoms with Gasteiger partial charge >= 0.3 is 0 Å². The Morgan fingerprint density at radius 2 is 2.16 bits per heavy atom. The maximum absolute atomic E-state index is 13.5. The lowest BCUT2D eigenvalue weighted by Crippen LogP contribution is -2.24. The van der Waals surface area contributed by atoms with Crippen LogP contribution in [-0.2, 0) is 11.2 Å². The van der Waals surface area contributed by atoms with Crippen LogP contribution in [-0.4, -0.2) is 24.0 Å². The molecule has 5 nitrogen and oxygen atoms in total. The average Bonchev–Trinajstić information content (AvgIpc) is 3.02. The lowest BCUT2D eigenvalue weighted by Gasteiger charge is -2.17. The summed E-state index contributed by atoms with van der Waals surface area (Å²) in [7, 11) is 0. The van der Waals surface area contributed by atoms with Gasteiger partial charge in [-0.15, -0.1) is 0 Å². The number of hydrogen-bond acceptors (Lipinski definition) is 4. The third-order valence-corrected chi connectivity index (χ3v) is 4.76. The monoisotopic (exact) mass is 383 g/mol. The Labute approximate surface area is 154 Å². The van der Waals surface area contributed by atoms with Crippen molar-refractivity contribution in [2.75, 3.05) is 23.8 Å². The van der Waals surface area contributed by atoms with Crippen molar-refractivity contribution in [2.24, 2.45) is 0 Å². The Kier molecular flexibility index (Phi) is 5.30. The van der Waals surface area contributed by atoms with E-state index in [0.29, 0.717) is 41.4 Å². The van der Waals surface area contributed by atoms with Crippen LogP contribution in [0.4, 0.5) is 15.9 Å². The quantitative estimate of drug-likeness (QED) is 0.795. The highest BCUT2D eigenvalue weighted by Gasteiger charge is 2.23. The zero-order chi connectivity index (χ0) is 18.0. The zero-order valence-electron chi connectivity index (χ0n) is 13.3. The van der Waals surface area contributed by atoms with E-state index in [0.717, 1.165) is 6.42 Å². The van der Waals surface area contributed by atoms with Gasteiger partial charge in [0.05, 0.1) is 23.5 Å². The summed E-state index contributed by atoms with van der Waals surface area (Å²) in [5.74, 6) is 0.0975. The SMILES string of the molecule is Nc1ncc(N2CCCC2=O)cc1OCCc1c(Cl)ccc(F)c1Cl. The first-order valence-electron chi connectivity index (χ1n) is 7.78. The van der Waals surface area contributed by atoms with Crippen LogP contribution in [0.5, 0.6) is 5.75 Å². The zero-order valence-corrected chi connectivity index (χ0v) is 14.8. The molecule has 25 heavy (non-hydrogen) atoms. The number of rotatable bonds is 5. The van der Waals surface area contributed by atoms with Gasteiger partial charge in [-0.2, -0.15) is 0 Å². The van der Waals surface area contributed by atoms with Crippen LogP contribution in [0.3, 0.4) is 0 Å². The summed E-state index contributed by atoms with van der Waals surface area (Å²) >= 11 is 12.0. The van der Waals surface area contributed by atoms with Gasteiger partial charge in [0.2, 0.25) is 5.91 Å². The molecule has 1 saturated heterocycles. The number of hydrogen-bond donors (Lipinski definition) is 1. The molecule has 8 heteroatoms. The highest BCUT2D eigenvalue weighted by molar-refractivity contribution is 6.36. The Bertz CT molecular complexity index is 817. The molecule has 1 aliphatic rings. The van der Waals surface area contributed by atoms with Crippen molar-refractivity contribution >= 4 is 40.6 Å². The van der Waals surface area contributed by atoms with Gasteiger partial charge in [-0.3, -0.25) is 4.79 Å². The summed E-state index contributed by atoms with van der Waals surface area (Å²) in [5, 5.41) is 0.358. The van der Waals surface area contributed by atoms with Gasteiger partial charge in [-0.05, 0) is 24.1 Å². The fourth-order valence-electron chi connectivity index (χ4n) is 2.69. The van der Waals surface area contributed by atoms with Crippen molar-refractivity contribution in [1.29, 1.82) is 0 Å². The molecule has 1 amide bonds. The van der Waals surface area contributed by atoms with Gasteiger partial charge in [-0.1, -0.05) is 23.2 Å². The summed E-state index contributed by atoms with van der Waals surface area (Å²) in [6.45, 7) is 0.838. The van der Waals surface area contributed by atoms with Crippen LogP contribution in [0.25, 0.3) is 0 Å². The molecule has 1 aromatic heterocycles. The molecule has 0 atom stereocenters. The van der Waals surface area contributed by atoms with Crippen molar-refractivity contribution in [1.82, 2.24) is 4.98 Å². The number of aromatic nitrogens is 1. The van der Waals surface area contributed by atoms with Gasteiger partial charge in [0.25, 0.3) is 0 Å². The number of benzene rings is 1. The van der Waals surface area contributed by atoms with Gasteiger partial charge in [0.15, 0.2) is 11.6 Å². The summed E-state index contributed by atoms with van der Waals surface area (Å²) < 4.78 is 19.2. The number of pyridine rings is 1. The van der Waals surface area contributed by atoms with E-state index in [9.17, 15) is 9.18 Å². The smallest absolute Gasteiger partial charge is 0.227 e. The molecule has 0 spiro atoms. The maximum Gasteiger partial charge on any atom is 0.227 e. The van der Waals surface area contributed by atoms with Gasteiger partial charge < -0.3 is 15.4 Å². The number of ether oxygens (including phenoxy) is 1. The standard InChI is InChI=1S/C17H16Cl2FN3O2/c18-12-3-4-13(20)16(19)11(12)5-7-25-14-8-10(9-22-17(14)21)23-6-1-2-15(23)24/h3-4,8-9H,1-2,5-7H2,(H2,21,22). The molecule has 132 valence electrons. The lowest BCUT2D eigenvalue weighted by molar-refractivity contribution is -0.117. The Hall–Kier alpha value is -2.05. The van der Waals surface area contributed by atoms with E-state index in [1.807, 2.05) is 0 Å². The van der Waals surface area contributed by atoms with Crippen LogP contribution < -0.4 is 15.4 Å². The van der Waals surface area contributed by atoms with E-state index in [4.69, 9.17) is 33.7 Å². The average molecular weight is 384 g/mol. The maximum atomic E-state index is 13.5. The number of carbonyl (C=O) groups is 1. The van der Waals surface area contributed by atoms with Crippen LogP contribution in [0, 0.1) is 5.82 Å². The predicted octanol–water partition coefficient (Wildman–Crippen LogP) is 3.86. The van der Waals surface area contributed by atoms with E-state index in [-0.39, 0.29) is 23.4 Å². The summed E-state index contributed by atoms with van der Waals surface area (Å²) in [6, 6.07) is 4.35. The molecular formula is C17H16Cl2FN3O2. The number of halogens is 3. The fourth-order valence-corrected chi connectivity index (χ4v) is 3.25. The van der Waals surface area contributed by atoms with Crippen LogP contribution in [0.2, 0.25) is 10.0 Å². The van der Waals surface area contributed by atoms with Crippen molar-refractivity contribution in [2.45, 2.75) is 19.3 Å². The number of anilines is 2. The second-order valence-electron chi connectivity index (χ2n) is 5.65. The highest BCUT2D eigenvalue weighted by Crippen LogP contribution is 2.30. The second-order valence-corrected chi connectivity index (χ2v) is 6.43. The van der Waals surface area contributed by atoms with E-state index in [1.54, 1.807) is 17.2 Å². The Morgan fingerprint density at radius 1 is 1.36 bits per heavy atom. The fraction of sp³-hybridized carbons (Fsp3) is 0.294. The molecule has 3 rings (SSSR count). The second kappa shape index (κ2) is 7.45. The summed E-state index contributed by atoms with van der Waals surface area (Å²) in [6.07, 6.45) is 3.20. The number of nitrogens with zero attached hydrogens (tertiary/aromatic N) is 2. The lowest BCUT2D eigenvalue weighted by atomic mass is 10.1. The molecule has 0 radical (unpaired) electrons. The number of amides is 1. The summed E-state index contributed by atoms with van der Waals surface area (Å²) in [5.41, 5.74) is 6.95. The topological polar surface area (TPSA) is 68.5 Å². The van der Waals surface area contributed by atoms with E-state index < -0.39 is 5.82 Å². The van der Waals surface area contributed by atoms with E-state index in [2.05, 4.69) is 4.98 Å². The number of nitrogen functional groups attached to an aromatic ring is 1. The van der Waals surface area contributed by atoms with Gasteiger partial charge in [0.1, 0.15) is 5.82 Å². The normalized spacial score (nSPS) is 14.2. The third-order valence-electron chi connectivity index (χ3n) is 4.00. The predicted molar refractivity (Wildman–Crippen MR) is 95.9 cm³/mol. The van der Waals surface area contributed by atoms with Gasteiger partial charge in [-0.25, -0.2) is 9.37 Å². The minimum atomic E-state index is -0.531. The van der Waals surface area contributed by atoms with E-state index >= 15 is 0 Å². The minimum Gasteiger partial charge on any atom is -0.489 e. The number of nitrogens with two attached hydrogens (primary N) is 1. The molecule has 0 bridgehead atoms. The highest BCUT2D eigenvalue weighted by atomic mass is 35.5. The molecule has 2 aromatic rings. The van der Waals surface area contributed by atoms with Gasteiger partial charge in [0, 0.05) is 30.5 Å². The number of carbonyl (C=O) groups excluding carboxylic acids is 1. The molecule has 0 saturated carbocycles. The summed E-state index contributed by atoms with van der Waals surface area (Å²) in [4.78, 5) is 17.6. The molecule has 2 heterocycles. The van der Waals surface area contributed by atoms with Crippen LogP contribution in [0.1, 0.15) is 18.4 Å². The van der Waals surface area contributed by atoms with Crippen molar-refractivity contribution in [3.05, 3.63) is 45.8 Å². The van der Waals surface area contributed by atoms with E-state index in [1.165, 1.54) is 12.1 Å². The molecule has 0 unspecified atom stereocenters. The Morgan fingerprint density at radius 3 is 2.88 bits per heavy atom. The molecule has 1 fully saturated rings. The third kappa shape index (κ3) is 3.80. The molecular weight excluding hydrogens is 368 g/mol. The first-order valence-corrected chi connectivity index (χ1v) is 8.54. The molecule has 0 aliphatic carbocycles. The molecule has 1 aromatic carbocycles. The first kappa shape index (κ1) is 17.8. The van der Waals surface area contributed by atoms with Crippen LogP contribution in [0.15, 0.2) is 24.4 Å². The van der Waals surface area contributed by atoms with Crippen molar-refractivity contribution in [3.8, 4) is 5.75 Å².